The molecule has 4 heteroatoms. The fraction of sp³-hybridized carbons (Fsp3) is 0.364. The topological polar surface area (TPSA) is 46.5 Å². The Morgan fingerprint density at radius 1 is 1.60 bits per heavy atom. The number of carboxylic acid groups (broad SMARTS) is 1. The lowest BCUT2D eigenvalue weighted by Crippen LogP contribution is -2.19. The number of ether oxygens (including phenoxy) is 1. The summed E-state index contributed by atoms with van der Waals surface area (Å²) in [5, 5.41) is 8.69. The van der Waals surface area contributed by atoms with Crippen LogP contribution in [0.1, 0.15) is 23.7 Å². The highest BCUT2D eigenvalue weighted by molar-refractivity contribution is 5.68. The van der Waals surface area contributed by atoms with E-state index in [0.29, 0.717) is 18.6 Å². The number of carbonyl (C=O) groups is 1. The molecule has 0 saturated heterocycles. The minimum absolute atomic E-state index is 0.115. The third-order valence-electron chi connectivity index (χ3n) is 2.51. The van der Waals surface area contributed by atoms with Gasteiger partial charge in [-0.05, 0) is 29.7 Å². The summed E-state index contributed by atoms with van der Waals surface area (Å²) >= 11 is 0. The smallest absolute Gasteiger partial charge is 0.306 e. The van der Waals surface area contributed by atoms with Crippen LogP contribution in [0.25, 0.3) is 0 Å². The Bertz CT molecular complexity index is 389. The number of benzene rings is 1. The predicted octanol–water partition coefficient (Wildman–Crippen LogP) is 1.91. The van der Waals surface area contributed by atoms with Gasteiger partial charge in [-0.2, -0.15) is 0 Å². The molecule has 1 aliphatic heterocycles. The number of halogens is 1. The summed E-state index contributed by atoms with van der Waals surface area (Å²) in [4.78, 5) is 10.6. The highest BCUT2D eigenvalue weighted by Gasteiger charge is 2.23. The molecule has 0 saturated carbocycles. The van der Waals surface area contributed by atoms with Crippen molar-refractivity contribution in [1.82, 2.24) is 0 Å². The van der Waals surface area contributed by atoms with Gasteiger partial charge in [-0.25, -0.2) is 4.39 Å². The first-order valence-corrected chi connectivity index (χ1v) is 4.78. The van der Waals surface area contributed by atoms with Crippen LogP contribution in [0.5, 0.6) is 0 Å². The van der Waals surface area contributed by atoms with Crippen LogP contribution in [0, 0.1) is 5.82 Å². The average molecular weight is 210 g/mol. The molecule has 0 aliphatic carbocycles. The summed E-state index contributed by atoms with van der Waals surface area (Å²) in [6.07, 6.45) is 0.0873. The molecule has 3 nitrogen and oxygen atoms in total. The van der Waals surface area contributed by atoms with Crippen molar-refractivity contribution in [2.45, 2.75) is 18.9 Å². The van der Waals surface area contributed by atoms with Crippen molar-refractivity contribution < 1.29 is 19.0 Å². The molecule has 0 spiro atoms. The Hall–Kier alpha value is -1.42. The Balaban J connectivity index is 2.32. The summed E-state index contributed by atoms with van der Waals surface area (Å²) < 4.78 is 18.3. The minimum Gasteiger partial charge on any atom is -0.481 e. The zero-order valence-electron chi connectivity index (χ0n) is 8.07. The molecule has 0 amide bonds. The van der Waals surface area contributed by atoms with E-state index in [0.717, 1.165) is 5.56 Å². The first-order chi connectivity index (χ1) is 7.16. The van der Waals surface area contributed by atoms with Gasteiger partial charge >= 0.3 is 5.97 Å². The zero-order chi connectivity index (χ0) is 10.8. The van der Waals surface area contributed by atoms with Crippen LogP contribution < -0.4 is 0 Å². The van der Waals surface area contributed by atoms with Crippen molar-refractivity contribution in [2.75, 3.05) is 6.61 Å². The number of fused-ring (bicyclic) bond motifs is 1. The van der Waals surface area contributed by atoms with E-state index in [1.54, 1.807) is 6.07 Å². The number of carboxylic acids is 1. The second-order valence-electron chi connectivity index (χ2n) is 3.55. The van der Waals surface area contributed by atoms with Crippen LogP contribution in [-0.4, -0.2) is 17.7 Å². The Morgan fingerprint density at radius 2 is 2.40 bits per heavy atom. The summed E-state index contributed by atoms with van der Waals surface area (Å²) in [7, 11) is 0. The average Bonchev–Trinajstić information content (AvgIpc) is 2.18. The molecule has 1 aliphatic rings. The monoisotopic (exact) mass is 210 g/mol. The molecule has 0 aromatic heterocycles. The van der Waals surface area contributed by atoms with Crippen molar-refractivity contribution in [3.8, 4) is 0 Å². The van der Waals surface area contributed by atoms with Crippen LogP contribution in [0.15, 0.2) is 18.2 Å². The summed E-state index contributed by atoms with van der Waals surface area (Å²) in [6, 6.07) is 4.45. The fourth-order valence-electron chi connectivity index (χ4n) is 1.82. The van der Waals surface area contributed by atoms with E-state index >= 15 is 0 Å². The van der Waals surface area contributed by atoms with Gasteiger partial charge in [0, 0.05) is 0 Å². The van der Waals surface area contributed by atoms with E-state index in [2.05, 4.69) is 0 Å². The van der Waals surface area contributed by atoms with Crippen molar-refractivity contribution in [1.29, 1.82) is 0 Å². The van der Waals surface area contributed by atoms with Crippen molar-refractivity contribution in [3.63, 3.8) is 0 Å². The third kappa shape index (κ3) is 2.15. The summed E-state index contributed by atoms with van der Waals surface area (Å²) in [5.74, 6) is -1.29. The molecule has 80 valence electrons. The van der Waals surface area contributed by atoms with Gasteiger partial charge in [-0.3, -0.25) is 4.79 Å². The standard InChI is InChI=1S/C11H11FO3/c12-8-2-1-7-3-4-15-10(6-11(13)14)9(7)5-8/h1-2,5,10H,3-4,6H2,(H,13,14). The van der Waals surface area contributed by atoms with E-state index in [1.165, 1.54) is 12.1 Å². The summed E-state index contributed by atoms with van der Waals surface area (Å²) in [6.45, 7) is 0.497. The lowest BCUT2D eigenvalue weighted by atomic mass is 9.96. The van der Waals surface area contributed by atoms with E-state index in [-0.39, 0.29) is 12.2 Å². The van der Waals surface area contributed by atoms with Gasteiger partial charge in [0.25, 0.3) is 0 Å². The quantitative estimate of drug-likeness (QED) is 0.811. The molecule has 1 heterocycles. The molecular weight excluding hydrogens is 199 g/mol. The SMILES string of the molecule is O=C(O)CC1OCCc2ccc(F)cc21. The second-order valence-corrected chi connectivity index (χ2v) is 3.55. The fourth-order valence-corrected chi connectivity index (χ4v) is 1.82. The van der Waals surface area contributed by atoms with Crippen LogP contribution in [-0.2, 0) is 16.0 Å². The van der Waals surface area contributed by atoms with Gasteiger partial charge in [0.2, 0.25) is 0 Å². The molecule has 0 radical (unpaired) electrons. The van der Waals surface area contributed by atoms with E-state index in [4.69, 9.17) is 9.84 Å². The maximum atomic E-state index is 13.0. The molecule has 1 aromatic rings. The molecule has 15 heavy (non-hydrogen) atoms. The number of rotatable bonds is 2. The van der Waals surface area contributed by atoms with Gasteiger partial charge in [0.05, 0.1) is 19.1 Å². The van der Waals surface area contributed by atoms with Gasteiger partial charge in [0.1, 0.15) is 5.82 Å². The maximum absolute atomic E-state index is 13.0. The Labute approximate surface area is 86.5 Å². The molecule has 1 aromatic carbocycles. The predicted molar refractivity (Wildman–Crippen MR) is 51.0 cm³/mol. The van der Waals surface area contributed by atoms with E-state index in [1.807, 2.05) is 0 Å². The highest BCUT2D eigenvalue weighted by Crippen LogP contribution is 2.30. The Morgan fingerprint density at radius 3 is 3.13 bits per heavy atom. The first kappa shape index (κ1) is 10.1. The summed E-state index contributed by atoms with van der Waals surface area (Å²) in [5.41, 5.74) is 1.65. The maximum Gasteiger partial charge on any atom is 0.306 e. The largest absolute Gasteiger partial charge is 0.481 e. The third-order valence-corrected chi connectivity index (χ3v) is 2.51. The van der Waals surface area contributed by atoms with Gasteiger partial charge < -0.3 is 9.84 Å². The molecule has 0 fully saturated rings. The lowest BCUT2D eigenvalue weighted by molar-refractivity contribution is -0.140. The highest BCUT2D eigenvalue weighted by atomic mass is 19.1. The van der Waals surface area contributed by atoms with Crippen LogP contribution in [0.4, 0.5) is 4.39 Å². The zero-order valence-corrected chi connectivity index (χ0v) is 8.07. The van der Waals surface area contributed by atoms with Gasteiger partial charge in [-0.15, -0.1) is 0 Å². The van der Waals surface area contributed by atoms with Crippen molar-refractivity contribution in [2.24, 2.45) is 0 Å². The van der Waals surface area contributed by atoms with Gasteiger partial charge in [0.15, 0.2) is 0 Å². The first-order valence-electron chi connectivity index (χ1n) is 4.78. The molecule has 2 rings (SSSR count). The van der Waals surface area contributed by atoms with Crippen LogP contribution >= 0.6 is 0 Å². The second kappa shape index (κ2) is 3.98. The lowest BCUT2D eigenvalue weighted by Gasteiger charge is -2.24. The molecule has 1 unspecified atom stereocenters. The number of hydrogen-bond acceptors (Lipinski definition) is 2. The van der Waals surface area contributed by atoms with E-state index < -0.39 is 12.1 Å². The van der Waals surface area contributed by atoms with Gasteiger partial charge in [-0.1, -0.05) is 6.07 Å². The minimum atomic E-state index is -0.933. The van der Waals surface area contributed by atoms with Crippen LogP contribution in [0.3, 0.4) is 0 Å². The molecular formula is C11H11FO3. The number of hydrogen-bond donors (Lipinski definition) is 1. The molecule has 0 bridgehead atoms. The Kier molecular flexibility index (Phi) is 2.68. The molecule has 1 N–H and O–H groups in total. The van der Waals surface area contributed by atoms with Crippen LogP contribution in [0.2, 0.25) is 0 Å². The van der Waals surface area contributed by atoms with Crippen molar-refractivity contribution in [3.05, 3.63) is 35.1 Å². The molecule has 1 atom stereocenters. The number of aliphatic carboxylic acids is 1. The van der Waals surface area contributed by atoms with Crippen molar-refractivity contribution >= 4 is 5.97 Å². The normalized spacial score (nSPS) is 19.7. The van der Waals surface area contributed by atoms with E-state index in [9.17, 15) is 9.18 Å².